The van der Waals surface area contributed by atoms with Crippen LogP contribution in [0, 0.1) is 10.1 Å². The van der Waals surface area contributed by atoms with Crippen molar-refractivity contribution >= 4 is 41.0 Å². The van der Waals surface area contributed by atoms with Crippen molar-refractivity contribution in [3.63, 3.8) is 0 Å². The van der Waals surface area contributed by atoms with Crippen molar-refractivity contribution in [2.24, 2.45) is 5.10 Å². The molecule has 1 amide bonds. The largest absolute Gasteiger partial charge is 0.482 e. The van der Waals surface area contributed by atoms with Crippen LogP contribution < -0.4 is 10.2 Å². The van der Waals surface area contributed by atoms with Gasteiger partial charge in [0.25, 0.3) is 11.6 Å². The molecule has 0 saturated carbocycles. The number of carbonyl (C=O) groups excluding carboxylic acids is 1. The van der Waals surface area contributed by atoms with Crippen LogP contribution in [0.3, 0.4) is 0 Å². The molecule has 1 aromatic heterocycles. The van der Waals surface area contributed by atoms with Crippen molar-refractivity contribution in [3.8, 4) is 17.1 Å². The Morgan fingerprint density at radius 3 is 2.79 bits per heavy atom. The third kappa shape index (κ3) is 5.34. The van der Waals surface area contributed by atoms with Gasteiger partial charge in [-0.15, -0.1) is 0 Å². The molecule has 10 heteroatoms. The molecule has 0 bridgehead atoms. The number of nitrogens with one attached hydrogen (secondary N) is 1. The maximum Gasteiger partial charge on any atom is 0.280 e. The Morgan fingerprint density at radius 1 is 1.21 bits per heavy atom. The molecule has 2 aromatic carbocycles. The summed E-state index contributed by atoms with van der Waals surface area (Å²) in [5.74, 6) is 0.363. The molecule has 0 aliphatic carbocycles. The van der Waals surface area contributed by atoms with E-state index >= 15 is 0 Å². The summed E-state index contributed by atoms with van der Waals surface area (Å²) in [5.41, 5.74) is 2.54. The number of nitro groups is 1. The average Bonchev–Trinajstić information content (AvgIpc) is 3.17. The standard InChI is InChI=1S/C19H13Cl2N3O5/c20-12-5-7-15(21)18(9-12)28-11-19(25)23-22-10-13-6-8-17(29-13)14-3-1-2-4-16(14)24(26)27/h1-10H,11H2,(H,23,25). The van der Waals surface area contributed by atoms with E-state index in [1.165, 1.54) is 18.3 Å². The van der Waals surface area contributed by atoms with Gasteiger partial charge in [0.1, 0.15) is 17.3 Å². The second-order valence-electron chi connectivity index (χ2n) is 5.63. The van der Waals surface area contributed by atoms with Gasteiger partial charge in [-0.3, -0.25) is 14.9 Å². The Balaban J connectivity index is 1.58. The first-order chi connectivity index (χ1) is 13.9. The van der Waals surface area contributed by atoms with Crippen LogP contribution in [0.1, 0.15) is 5.76 Å². The van der Waals surface area contributed by atoms with Crippen LogP contribution in [-0.4, -0.2) is 23.7 Å². The maximum atomic E-state index is 11.8. The number of nitro benzene ring substituents is 1. The van der Waals surface area contributed by atoms with Gasteiger partial charge in [-0.1, -0.05) is 35.3 Å². The smallest absolute Gasteiger partial charge is 0.280 e. The number of nitrogens with zero attached hydrogens (tertiary/aromatic N) is 2. The van der Waals surface area contributed by atoms with Crippen LogP contribution in [0.25, 0.3) is 11.3 Å². The van der Waals surface area contributed by atoms with Crippen molar-refractivity contribution < 1.29 is 18.9 Å². The fraction of sp³-hybridized carbons (Fsp3) is 0.0526. The van der Waals surface area contributed by atoms with Crippen molar-refractivity contribution in [2.75, 3.05) is 6.61 Å². The van der Waals surface area contributed by atoms with E-state index in [0.717, 1.165) is 0 Å². The summed E-state index contributed by atoms with van der Waals surface area (Å²) >= 11 is 11.8. The Labute approximate surface area is 174 Å². The van der Waals surface area contributed by atoms with Crippen molar-refractivity contribution in [1.82, 2.24) is 5.43 Å². The summed E-state index contributed by atoms with van der Waals surface area (Å²) in [6.45, 7) is -0.322. The van der Waals surface area contributed by atoms with Gasteiger partial charge in [-0.2, -0.15) is 5.10 Å². The molecule has 3 rings (SSSR count). The second-order valence-corrected chi connectivity index (χ2v) is 6.48. The number of furan rings is 1. The van der Waals surface area contributed by atoms with E-state index in [0.29, 0.717) is 27.1 Å². The molecule has 0 saturated heterocycles. The average molecular weight is 434 g/mol. The third-order valence-corrected chi connectivity index (χ3v) is 4.17. The van der Waals surface area contributed by atoms with E-state index in [4.69, 9.17) is 32.4 Å². The lowest BCUT2D eigenvalue weighted by Crippen LogP contribution is -2.24. The molecule has 0 aliphatic rings. The number of halogens is 2. The van der Waals surface area contributed by atoms with Gasteiger partial charge in [0.15, 0.2) is 6.61 Å². The number of hydrogen-bond donors (Lipinski definition) is 1. The van der Waals surface area contributed by atoms with E-state index in [1.54, 1.807) is 42.5 Å². The molecule has 0 unspecified atom stereocenters. The van der Waals surface area contributed by atoms with E-state index in [-0.39, 0.29) is 18.0 Å². The summed E-state index contributed by atoms with van der Waals surface area (Å²) in [6.07, 6.45) is 1.27. The molecule has 1 N–H and O–H groups in total. The predicted octanol–water partition coefficient (Wildman–Crippen LogP) is 4.69. The van der Waals surface area contributed by atoms with Crippen LogP contribution >= 0.6 is 23.2 Å². The molecular weight excluding hydrogens is 421 g/mol. The second kappa shape index (κ2) is 9.22. The van der Waals surface area contributed by atoms with Gasteiger partial charge in [-0.05, 0) is 30.3 Å². The molecular formula is C19H13Cl2N3O5. The highest BCUT2D eigenvalue weighted by Crippen LogP contribution is 2.30. The zero-order valence-electron chi connectivity index (χ0n) is 14.7. The lowest BCUT2D eigenvalue weighted by molar-refractivity contribution is -0.384. The van der Waals surface area contributed by atoms with Gasteiger partial charge in [0.05, 0.1) is 21.7 Å². The topological polar surface area (TPSA) is 107 Å². The highest BCUT2D eigenvalue weighted by Gasteiger charge is 2.16. The monoisotopic (exact) mass is 433 g/mol. The predicted molar refractivity (Wildman–Crippen MR) is 108 cm³/mol. The van der Waals surface area contributed by atoms with Crippen LogP contribution in [-0.2, 0) is 4.79 Å². The molecule has 3 aromatic rings. The number of ether oxygens (including phenoxy) is 1. The van der Waals surface area contributed by atoms with E-state index in [1.807, 2.05) is 0 Å². The number of hydrogen-bond acceptors (Lipinski definition) is 6. The van der Waals surface area contributed by atoms with Crippen molar-refractivity contribution in [3.05, 3.63) is 80.5 Å². The molecule has 1 heterocycles. The first kappa shape index (κ1) is 20.4. The molecule has 0 fully saturated rings. The Kier molecular flexibility index (Phi) is 6.48. The van der Waals surface area contributed by atoms with Gasteiger partial charge in [-0.25, -0.2) is 5.43 Å². The Morgan fingerprint density at radius 2 is 2.00 bits per heavy atom. The molecule has 0 aliphatic heterocycles. The van der Waals surface area contributed by atoms with Crippen LogP contribution in [0.4, 0.5) is 5.69 Å². The summed E-state index contributed by atoms with van der Waals surface area (Å²) in [6, 6.07) is 14.0. The number of hydrazone groups is 1. The van der Waals surface area contributed by atoms with Crippen LogP contribution in [0.2, 0.25) is 10.0 Å². The number of benzene rings is 2. The highest BCUT2D eigenvalue weighted by atomic mass is 35.5. The minimum atomic E-state index is -0.525. The summed E-state index contributed by atoms with van der Waals surface area (Å²) in [4.78, 5) is 22.4. The lowest BCUT2D eigenvalue weighted by atomic mass is 10.1. The quantitative estimate of drug-likeness (QED) is 0.330. The third-order valence-electron chi connectivity index (χ3n) is 3.63. The SMILES string of the molecule is O=C(COc1cc(Cl)ccc1Cl)NN=Cc1ccc(-c2ccccc2[N+](=O)[O-])o1. The zero-order valence-corrected chi connectivity index (χ0v) is 16.2. The van der Waals surface area contributed by atoms with Crippen LogP contribution in [0.15, 0.2) is 64.1 Å². The summed E-state index contributed by atoms with van der Waals surface area (Å²) in [5, 5.41) is 15.6. The van der Waals surface area contributed by atoms with Crippen molar-refractivity contribution in [1.29, 1.82) is 0 Å². The first-order valence-corrected chi connectivity index (χ1v) is 8.93. The molecule has 0 spiro atoms. The Bertz CT molecular complexity index is 1080. The summed E-state index contributed by atoms with van der Waals surface area (Å²) < 4.78 is 10.8. The van der Waals surface area contributed by atoms with Gasteiger partial charge >= 0.3 is 0 Å². The van der Waals surface area contributed by atoms with Crippen LogP contribution in [0.5, 0.6) is 5.75 Å². The fourth-order valence-corrected chi connectivity index (χ4v) is 2.67. The number of para-hydroxylation sites is 1. The van der Waals surface area contributed by atoms with E-state index < -0.39 is 10.8 Å². The fourth-order valence-electron chi connectivity index (χ4n) is 2.34. The lowest BCUT2D eigenvalue weighted by Gasteiger charge is -2.07. The number of amides is 1. The molecule has 29 heavy (non-hydrogen) atoms. The normalized spacial score (nSPS) is 10.8. The van der Waals surface area contributed by atoms with Gasteiger partial charge in [0.2, 0.25) is 0 Å². The summed E-state index contributed by atoms with van der Waals surface area (Å²) in [7, 11) is 0. The van der Waals surface area contributed by atoms with Gasteiger partial charge in [0, 0.05) is 17.2 Å². The zero-order chi connectivity index (χ0) is 20.8. The maximum absolute atomic E-state index is 11.8. The number of carbonyl (C=O) groups is 1. The first-order valence-electron chi connectivity index (χ1n) is 8.17. The van der Waals surface area contributed by atoms with Crippen molar-refractivity contribution in [2.45, 2.75) is 0 Å². The highest BCUT2D eigenvalue weighted by molar-refractivity contribution is 6.34. The minimum absolute atomic E-state index is 0.0736. The van der Waals surface area contributed by atoms with Gasteiger partial charge < -0.3 is 9.15 Å². The molecule has 0 atom stereocenters. The molecule has 8 nitrogen and oxygen atoms in total. The van der Waals surface area contributed by atoms with E-state index in [9.17, 15) is 14.9 Å². The minimum Gasteiger partial charge on any atom is -0.482 e. The Hall–Kier alpha value is -3.36. The molecule has 148 valence electrons. The number of rotatable bonds is 7. The molecule has 0 radical (unpaired) electrons. The van der Waals surface area contributed by atoms with E-state index in [2.05, 4.69) is 10.5 Å².